The Morgan fingerprint density at radius 1 is 1.32 bits per heavy atom. The van der Waals surface area contributed by atoms with Gasteiger partial charge in [0.25, 0.3) is 5.91 Å². The minimum absolute atomic E-state index is 0.108. The van der Waals surface area contributed by atoms with Crippen LogP contribution in [0.3, 0.4) is 0 Å². The minimum atomic E-state index is 0.108. The summed E-state index contributed by atoms with van der Waals surface area (Å²) in [5.74, 6) is 1.38. The van der Waals surface area contributed by atoms with E-state index in [0.717, 1.165) is 64.7 Å². The van der Waals surface area contributed by atoms with Crippen molar-refractivity contribution >= 4 is 5.91 Å². The van der Waals surface area contributed by atoms with Gasteiger partial charge in [0.1, 0.15) is 0 Å². The first-order chi connectivity index (χ1) is 12.2. The number of piperidine rings is 1. The van der Waals surface area contributed by atoms with Crippen LogP contribution in [0.1, 0.15) is 42.5 Å². The Balaban J connectivity index is 1.35. The number of amides is 1. The Labute approximate surface area is 149 Å². The van der Waals surface area contributed by atoms with Crippen molar-refractivity contribution in [3.63, 3.8) is 0 Å². The molecular weight excluding hydrogens is 318 g/mol. The molecule has 2 aliphatic heterocycles. The second kappa shape index (κ2) is 7.08. The van der Waals surface area contributed by atoms with Crippen LogP contribution < -0.4 is 0 Å². The number of likely N-dealkylation sites (tertiary alicyclic amines) is 1. The lowest BCUT2D eigenvalue weighted by atomic mass is 9.66. The highest BCUT2D eigenvalue weighted by atomic mass is 16.5. The number of carbonyl (C=O) groups excluding carboxylic acids is 1. The highest BCUT2D eigenvalue weighted by molar-refractivity contribution is 5.93. The van der Waals surface area contributed by atoms with Crippen molar-refractivity contribution in [1.29, 1.82) is 0 Å². The summed E-state index contributed by atoms with van der Waals surface area (Å²) >= 11 is 0. The fraction of sp³-hybridized carbons (Fsp3) is 0.789. The largest absolute Gasteiger partial charge is 0.381 e. The molecule has 3 heterocycles. The van der Waals surface area contributed by atoms with E-state index in [1.807, 2.05) is 11.9 Å². The van der Waals surface area contributed by atoms with E-state index in [1.165, 1.54) is 12.8 Å². The second-order valence-electron chi connectivity index (χ2n) is 8.06. The first-order valence-corrected chi connectivity index (χ1v) is 9.60. The summed E-state index contributed by atoms with van der Waals surface area (Å²) < 4.78 is 13.4. The van der Waals surface area contributed by atoms with Crippen LogP contribution in [-0.2, 0) is 16.5 Å². The molecule has 0 bridgehead atoms. The molecule has 1 aromatic heterocycles. The molecule has 0 unspecified atom stereocenters. The molecule has 0 N–H and O–H groups in total. The first-order valence-electron chi connectivity index (χ1n) is 9.60. The van der Waals surface area contributed by atoms with Crippen molar-refractivity contribution in [2.24, 2.45) is 24.3 Å². The van der Waals surface area contributed by atoms with Gasteiger partial charge < -0.3 is 14.4 Å². The lowest BCUT2D eigenvalue weighted by Gasteiger charge is -2.49. The number of rotatable bonds is 5. The fourth-order valence-electron chi connectivity index (χ4n) is 4.30. The molecule has 138 valence electrons. The summed E-state index contributed by atoms with van der Waals surface area (Å²) in [4.78, 5) is 14.6. The van der Waals surface area contributed by atoms with E-state index in [2.05, 4.69) is 5.10 Å². The van der Waals surface area contributed by atoms with Crippen molar-refractivity contribution in [3.8, 4) is 0 Å². The first kappa shape index (κ1) is 17.0. The lowest BCUT2D eigenvalue weighted by Crippen LogP contribution is -2.50. The van der Waals surface area contributed by atoms with E-state index < -0.39 is 0 Å². The van der Waals surface area contributed by atoms with Crippen molar-refractivity contribution < 1.29 is 14.3 Å². The van der Waals surface area contributed by atoms with Gasteiger partial charge in [0, 0.05) is 45.5 Å². The maximum Gasteiger partial charge on any atom is 0.257 e. The maximum absolute atomic E-state index is 12.6. The number of ether oxygens (including phenoxy) is 2. The average molecular weight is 347 g/mol. The van der Waals surface area contributed by atoms with Gasteiger partial charge in [-0.1, -0.05) is 0 Å². The molecule has 0 aromatic carbocycles. The van der Waals surface area contributed by atoms with Crippen LogP contribution in [0.25, 0.3) is 0 Å². The van der Waals surface area contributed by atoms with Gasteiger partial charge in [-0.2, -0.15) is 5.10 Å². The van der Waals surface area contributed by atoms with Gasteiger partial charge in [-0.05, 0) is 43.4 Å². The van der Waals surface area contributed by atoms with E-state index in [4.69, 9.17) is 9.47 Å². The van der Waals surface area contributed by atoms with Crippen molar-refractivity contribution in [2.75, 3.05) is 39.5 Å². The Morgan fingerprint density at radius 2 is 2.12 bits per heavy atom. The molecule has 1 amide bonds. The predicted molar refractivity (Wildman–Crippen MR) is 93.2 cm³/mol. The quantitative estimate of drug-likeness (QED) is 0.819. The van der Waals surface area contributed by atoms with Gasteiger partial charge in [-0.15, -0.1) is 0 Å². The molecule has 4 rings (SSSR count). The van der Waals surface area contributed by atoms with E-state index in [1.54, 1.807) is 17.1 Å². The van der Waals surface area contributed by atoms with Gasteiger partial charge in [-0.25, -0.2) is 0 Å². The predicted octanol–water partition coefficient (Wildman–Crippen LogP) is 2.11. The SMILES string of the molecule is Cn1cc(C(=O)N2CCC3(CCOC[C@@H]3COCC3CC3)CC2)cn1. The van der Waals surface area contributed by atoms with Crippen LogP contribution >= 0.6 is 0 Å². The average Bonchev–Trinajstić information content (AvgIpc) is 3.35. The Morgan fingerprint density at radius 3 is 2.80 bits per heavy atom. The van der Waals surface area contributed by atoms with Crippen molar-refractivity contribution in [2.45, 2.75) is 32.1 Å². The highest BCUT2D eigenvalue weighted by Crippen LogP contribution is 2.45. The third kappa shape index (κ3) is 3.75. The molecule has 1 aromatic rings. The second-order valence-corrected chi connectivity index (χ2v) is 8.06. The summed E-state index contributed by atoms with van der Waals surface area (Å²) in [7, 11) is 1.84. The molecule has 6 nitrogen and oxygen atoms in total. The number of nitrogens with zero attached hydrogens (tertiary/aromatic N) is 3. The van der Waals surface area contributed by atoms with E-state index in [9.17, 15) is 4.79 Å². The van der Waals surface area contributed by atoms with Gasteiger partial charge in [-0.3, -0.25) is 9.48 Å². The van der Waals surface area contributed by atoms with Crippen molar-refractivity contribution in [3.05, 3.63) is 18.0 Å². The van der Waals surface area contributed by atoms with E-state index in [0.29, 0.717) is 11.5 Å². The molecule has 6 heteroatoms. The third-order valence-electron chi connectivity index (χ3n) is 6.30. The van der Waals surface area contributed by atoms with Crippen LogP contribution in [0.15, 0.2) is 12.4 Å². The third-order valence-corrected chi connectivity index (χ3v) is 6.30. The Bertz CT molecular complexity index is 603. The zero-order valence-corrected chi connectivity index (χ0v) is 15.2. The zero-order valence-electron chi connectivity index (χ0n) is 15.2. The van der Waals surface area contributed by atoms with Crippen LogP contribution in [0.2, 0.25) is 0 Å². The topological polar surface area (TPSA) is 56.6 Å². The molecule has 25 heavy (non-hydrogen) atoms. The van der Waals surface area contributed by atoms with Gasteiger partial charge in [0.05, 0.1) is 25.0 Å². The molecule has 1 aliphatic carbocycles. The number of hydrogen-bond donors (Lipinski definition) is 0. The molecule has 2 saturated heterocycles. The monoisotopic (exact) mass is 347 g/mol. The van der Waals surface area contributed by atoms with Crippen molar-refractivity contribution in [1.82, 2.24) is 14.7 Å². The summed E-state index contributed by atoms with van der Waals surface area (Å²) in [6.07, 6.45) is 9.33. The fourth-order valence-corrected chi connectivity index (χ4v) is 4.30. The molecule has 1 atom stereocenters. The molecule has 3 aliphatic rings. The summed E-state index contributed by atoms with van der Waals surface area (Å²) in [6.45, 7) is 5.03. The van der Waals surface area contributed by atoms with E-state index in [-0.39, 0.29) is 11.3 Å². The van der Waals surface area contributed by atoms with Gasteiger partial charge in [0.2, 0.25) is 0 Å². The lowest BCUT2D eigenvalue weighted by molar-refractivity contribution is -0.0975. The molecule has 1 saturated carbocycles. The highest BCUT2D eigenvalue weighted by Gasteiger charge is 2.44. The number of carbonyl (C=O) groups is 1. The van der Waals surface area contributed by atoms with Crippen LogP contribution in [0, 0.1) is 17.3 Å². The number of aryl methyl sites for hydroxylation is 1. The normalized spacial score (nSPS) is 26.1. The van der Waals surface area contributed by atoms with Crippen LogP contribution in [0.4, 0.5) is 0 Å². The molecule has 3 fully saturated rings. The van der Waals surface area contributed by atoms with Gasteiger partial charge in [0.15, 0.2) is 0 Å². The molecule has 1 spiro atoms. The Kier molecular flexibility index (Phi) is 4.82. The molecular formula is C19H29N3O3. The maximum atomic E-state index is 12.6. The summed E-state index contributed by atoms with van der Waals surface area (Å²) in [5, 5.41) is 4.12. The van der Waals surface area contributed by atoms with Crippen LogP contribution in [-0.4, -0.2) is 60.1 Å². The zero-order chi connectivity index (χ0) is 17.3. The number of aromatic nitrogens is 2. The molecule has 0 radical (unpaired) electrons. The summed E-state index contributed by atoms with van der Waals surface area (Å²) in [6, 6.07) is 0. The van der Waals surface area contributed by atoms with Crippen LogP contribution in [0.5, 0.6) is 0 Å². The smallest absolute Gasteiger partial charge is 0.257 e. The van der Waals surface area contributed by atoms with Gasteiger partial charge >= 0.3 is 0 Å². The Hall–Kier alpha value is -1.40. The summed E-state index contributed by atoms with van der Waals surface area (Å²) in [5.41, 5.74) is 0.975. The number of hydrogen-bond acceptors (Lipinski definition) is 4. The van der Waals surface area contributed by atoms with E-state index >= 15 is 0 Å². The minimum Gasteiger partial charge on any atom is -0.381 e. The standard InChI is InChI=1S/C19H29N3O3/c1-21-11-16(10-20-21)18(23)22-7-4-19(5-8-22)6-9-24-13-17(19)14-25-12-15-2-3-15/h10-11,15,17H,2-9,12-14H2,1H3/t17-/m1/s1.